The molecule has 37 heavy (non-hydrogen) atoms. The molecule has 4 heteroatoms. The maximum absolute atomic E-state index is 12.6. The number of hydrogen-bond acceptors (Lipinski definition) is 4. The van der Waals surface area contributed by atoms with E-state index in [1.165, 1.54) is 0 Å². The SMILES string of the molecule is C=C/C=C(\C(=C/Cc1ccc(-c2ccc(C(=O)c3ccccc3)cc2)nc1)OC)c1ccc(C#N)cc1. The second-order valence-electron chi connectivity index (χ2n) is 8.31. The Morgan fingerprint density at radius 2 is 1.59 bits per heavy atom. The van der Waals surface area contributed by atoms with Gasteiger partial charge in [0.25, 0.3) is 0 Å². The quantitative estimate of drug-likeness (QED) is 0.144. The molecule has 0 atom stereocenters. The molecule has 0 spiro atoms. The second-order valence-corrected chi connectivity index (χ2v) is 8.31. The van der Waals surface area contributed by atoms with Crippen LogP contribution < -0.4 is 0 Å². The first-order valence-corrected chi connectivity index (χ1v) is 11.9. The molecule has 0 N–H and O–H groups in total. The van der Waals surface area contributed by atoms with E-state index in [1.54, 1.807) is 25.3 Å². The summed E-state index contributed by atoms with van der Waals surface area (Å²) in [5.74, 6) is 0.717. The highest BCUT2D eigenvalue weighted by Gasteiger charge is 2.10. The van der Waals surface area contributed by atoms with Crippen LogP contribution in [0.15, 0.2) is 128 Å². The molecule has 0 radical (unpaired) electrons. The highest BCUT2D eigenvalue weighted by atomic mass is 16.5. The fourth-order valence-electron chi connectivity index (χ4n) is 3.94. The van der Waals surface area contributed by atoms with Crippen LogP contribution >= 0.6 is 0 Å². The largest absolute Gasteiger partial charge is 0.496 e. The lowest BCUT2D eigenvalue weighted by Crippen LogP contribution is -2.00. The molecule has 180 valence electrons. The fraction of sp³-hybridized carbons (Fsp3) is 0.0606. The van der Waals surface area contributed by atoms with Crippen LogP contribution in [-0.4, -0.2) is 17.9 Å². The molecule has 0 unspecified atom stereocenters. The molecule has 1 heterocycles. The number of nitriles is 1. The minimum absolute atomic E-state index is 0.00192. The number of benzene rings is 3. The summed E-state index contributed by atoms with van der Waals surface area (Å²) < 4.78 is 5.69. The lowest BCUT2D eigenvalue weighted by molar-refractivity contribution is 0.103. The monoisotopic (exact) mass is 482 g/mol. The van der Waals surface area contributed by atoms with Gasteiger partial charge in [0.2, 0.25) is 0 Å². The van der Waals surface area contributed by atoms with E-state index in [2.05, 4.69) is 17.6 Å². The van der Waals surface area contributed by atoms with Crippen molar-refractivity contribution in [3.8, 4) is 17.3 Å². The molecule has 4 aromatic rings. The van der Waals surface area contributed by atoms with Crippen LogP contribution in [0.3, 0.4) is 0 Å². The van der Waals surface area contributed by atoms with Crippen molar-refractivity contribution in [3.63, 3.8) is 0 Å². The zero-order valence-corrected chi connectivity index (χ0v) is 20.6. The molecular formula is C33H26N2O2. The average molecular weight is 483 g/mol. The van der Waals surface area contributed by atoms with Gasteiger partial charge in [0.1, 0.15) is 5.76 Å². The lowest BCUT2D eigenvalue weighted by Gasteiger charge is -2.12. The number of nitrogens with zero attached hydrogens (tertiary/aromatic N) is 2. The Bertz CT molecular complexity index is 1470. The van der Waals surface area contributed by atoms with E-state index in [0.717, 1.165) is 28.0 Å². The predicted molar refractivity (Wildman–Crippen MR) is 148 cm³/mol. The molecule has 0 aliphatic rings. The van der Waals surface area contributed by atoms with E-state index in [0.29, 0.717) is 28.9 Å². The summed E-state index contributed by atoms with van der Waals surface area (Å²) in [6, 6.07) is 30.3. The summed E-state index contributed by atoms with van der Waals surface area (Å²) in [6.07, 6.45) is 8.10. The van der Waals surface area contributed by atoms with Crippen LogP contribution in [0.5, 0.6) is 0 Å². The van der Waals surface area contributed by atoms with Crippen LogP contribution in [0.1, 0.15) is 32.6 Å². The summed E-state index contributed by atoms with van der Waals surface area (Å²) in [5.41, 5.74) is 6.57. The van der Waals surface area contributed by atoms with Crippen molar-refractivity contribution in [3.05, 3.63) is 156 Å². The number of hydrogen-bond donors (Lipinski definition) is 0. The molecule has 0 fully saturated rings. The van der Waals surface area contributed by atoms with Gasteiger partial charge < -0.3 is 4.74 Å². The molecule has 4 nitrogen and oxygen atoms in total. The van der Waals surface area contributed by atoms with Crippen molar-refractivity contribution >= 4 is 11.4 Å². The minimum Gasteiger partial charge on any atom is -0.496 e. The molecule has 0 aliphatic carbocycles. The van der Waals surface area contributed by atoms with Crippen molar-refractivity contribution in [1.82, 2.24) is 4.98 Å². The van der Waals surface area contributed by atoms with Crippen molar-refractivity contribution in [1.29, 1.82) is 5.26 Å². The van der Waals surface area contributed by atoms with Crippen molar-refractivity contribution in [2.75, 3.05) is 7.11 Å². The highest BCUT2D eigenvalue weighted by Crippen LogP contribution is 2.25. The van der Waals surface area contributed by atoms with Crippen LogP contribution in [0, 0.1) is 11.3 Å². The van der Waals surface area contributed by atoms with Gasteiger partial charge in [0, 0.05) is 28.5 Å². The smallest absolute Gasteiger partial charge is 0.193 e. The van der Waals surface area contributed by atoms with E-state index in [9.17, 15) is 4.79 Å². The number of aromatic nitrogens is 1. The van der Waals surface area contributed by atoms with Crippen LogP contribution in [-0.2, 0) is 11.2 Å². The van der Waals surface area contributed by atoms with Crippen LogP contribution in [0.2, 0.25) is 0 Å². The van der Waals surface area contributed by atoms with E-state index in [4.69, 9.17) is 10.00 Å². The highest BCUT2D eigenvalue weighted by molar-refractivity contribution is 6.09. The molecule has 0 saturated carbocycles. The van der Waals surface area contributed by atoms with Crippen LogP contribution in [0.25, 0.3) is 16.8 Å². The van der Waals surface area contributed by atoms with E-state index < -0.39 is 0 Å². The molecule has 0 bridgehead atoms. The Morgan fingerprint density at radius 1 is 0.919 bits per heavy atom. The molecule has 3 aromatic carbocycles. The molecule has 4 rings (SSSR count). The van der Waals surface area contributed by atoms with Gasteiger partial charge in [0.15, 0.2) is 5.78 Å². The summed E-state index contributed by atoms with van der Waals surface area (Å²) in [7, 11) is 1.64. The first-order chi connectivity index (χ1) is 18.1. The van der Waals surface area contributed by atoms with Gasteiger partial charge in [-0.3, -0.25) is 9.78 Å². The molecule has 1 aromatic heterocycles. The zero-order chi connectivity index (χ0) is 26.0. The van der Waals surface area contributed by atoms with Gasteiger partial charge in [0.05, 0.1) is 24.4 Å². The van der Waals surface area contributed by atoms with Gasteiger partial charge >= 0.3 is 0 Å². The van der Waals surface area contributed by atoms with E-state index >= 15 is 0 Å². The third-order valence-corrected chi connectivity index (χ3v) is 5.92. The Labute approximate surface area is 217 Å². The van der Waals surface area contributed by atoms with Crippen LogP contribution in [0.4, 0.5) is 0 Å². The first kappa shape index (κ1) is 25.1. The minimum atomic E-state index is 0.00192. The number of rotatable bonds is 9. The number of methoxy groups -OCH3 is 1. The molecular weight excluding hydrogens is 456 g/mol. The number of allylic oxidation sites excluding steroid dienone is 4. The molecule has 0 saturated heterocycles. The maximum Gasteiger partial charge on any atom is 0.193 e. The van der Waals surface area contributed by atoms with Gasteiger partial charge in [-0.25, -0.2) is 0 Å². The molecule has 0 amide bonds. The second kappa shape index (κ2) is 12.1. The standard InChI is InChI=1S/C33H26N2O2/c1-3-7-30(26-14-10-24(22-34)11-15-26)32(37-2)21-13-25-12-20-31(35-23-25)27-16-18-29(19-17-27)33(36)28-8-5-4-6-9-28/h3-12,14-21,23H,1,13H2,2H3/b30-7-,32-21+. The van der Waals surface area contributed by atoms with Gasteiger partial charge in [-0.2, -0.15) is 5.26 Å². The summed E-state index contributed by atoms with van der Waals surface area (Å²) >= 11 is 0. The Balaban J connectivity index is 1.48. The van der Waals surface area contributed by atoms with Gasteiger partial charge in [-0.15, -0.1) is 0 Å². The average Bonchev–Trinajstić information content (AvgIpc) is 2.97. The maximum atomic E-state index is 12.6. The fourth-order valence-corrected chi connectivity index (χ4v) is 3.94. The Morgan fingerprint density at radius 3 is 2.19 bits per heavy atom. The number of pyridine rings is 1. The van der Waals surface area contributed by atoms with Crippen molar-refractivity contribution in [2.24, 2.45) is 0 Å². The number of carbonyl (C=O) groups excluding carboxylic acids is 1. The predicted octanol–water partition coefficient (Wildman–Crippen LogP) is 7.19. The topological polar surface area (TPSA) is 63.0 Å². The Kier molecular flexibility index (Phi) is 8.21. The third kappa shape index (κ3) is 6.17. The van der Waals surface area contributed by atoms with E-state index in [1.807, 2.05) is 97.2 Å². The van der Waals surface area contributed by atoms with Gasteiger partial charge in [-0.1, -0.05) is 91.5 Å². The molecule has 0 aliphatic heterocycles. The van der Waals surface area contributed by atoms with E-state index in [-0.39, 0.29) is 5.78 Å². The summed E-state index contributed by atoms with van der Waals surface area (Å²) in [4.78, 5) is 17.3. The van der Waals surface area contributed by atoms with Crippen molar-refractivity contribution in [2.45, 2.75) is 6.42 Å². The first-order valence-electron chi connectivity index (χ1n) is 11.9. The zero-order valence-electron chi connectivity index (χ0n) is 20.6. The van der Waals surface area contributed by atoms with Crippen molar-refractivity contribution < 1.29 is 9.53 Å². The lowest BCUT2D eigenvalue weighted by atomic mass is 10.00. The number of ether oxygens (including phenoxy) is 1. The summed E-state index contributed by atoms with van der Waals surface area (Å²) in [6.45, 7) is 3.82. The summed E-state index contributed by atoms with van der Waals surface area (Å²) in [5, 5.41) is 9.07. The number of ketones is 1. The Hall–Kier alpha value is -5.01. The number of carbonyl (C=O) groups is 1. The normalized spacial score (nSPS) is 11.5. The third-order valence-electron chi connectivity index (χ3n) is 5.92. The van der Waals surface area contributed by atoms with Gasteiger partial charge in [-0.05, 0) is 41.8 Å².